The van der Waals surface area contributed by atoms with Gasteiger partial charge in [0.1, 0.15) is 0 Å². The van der Waals surface area contributed by atoms with Gasteiger partial charge < -0.3 is 15.2 Å². The van der Waals surface area contributed by atoms with E-state index >= 15 is 0 Å². The number of amides is 1. The van der Waals surface area contributed by atoms with Crippen molar-refractivity contribution in [3.8, 4) is 0 Å². The Balaban J connectivity index is 0. The van der Waals surface area contributed by atoms with Gasteiger partial charge in [0.05, 0.1) is 12.9 Å². The maximum Gasteiger partial charge on any atom is 0.404 e. The Bertz CT molecular complexity index is 155. The molecule has 0 aliphatic rings. The van der Waals surface area contributed by atoms with E-state index in [1.165, 1.54) is 6.92 Å². The van der Waals surface area contributed by atoms with Crippen LogP contribution in [-0.2, 0) is 14.3 Å². The summed E-state index contributed by atoms with van der Waals surface area (Å²) in [7, 11) is 0. The predicted octanol–water partition coefficient (Wildman–Crippen LogP) is 0.795. The Morgan fingerprint density at radius 3 is 2.08 bits per heavy atom. The van der Waals surface area contributed by atoms with Crippen LogP contribution < -0.4 is 5.73 Å². The number of carbonyl (C=O) groups excluding carboxylic acids is 2. The normalized spacial score (nSPS) is 7.17. The lowest BCUT2D eigenvalue weighted by Crippen LogP contribution is -2.11. The van der Waals surface area contributed by atoms with Crippen molar-refractivity contribution in [2.45, 2.75) is 13.8 Å². The van der Waals surface area contributed by atoms with Crippen LogP contribution in [0.1, 0.15) is 13.8 Å². The van der Waals surface area contributed by atoms with Crippen LogP contribution in [0.25, 0.3) is 0 Å². The lowest BCUT2D eigenvalue weighted by molar-refractivity contribution is -0.135. The first-order valence-electron chi connectivity index (χ1n) is 3.24. The largest absolute Gasteiger partial charge is 0.450 e. The molecule has 0 radical (unpaired) electrons. The zero-order valence-corrected chi connectivity index (χ0v) is 7.20. The molecule has 1 amide bonds. The molecule has 70 valence electrons. The van der Waals surface area contributed by atoms with Gasteiger partial charge in [-0.25, -0.2) is 4.79 Å². The smallest absolute Gasteiger partial charge is 0.404 e. The number of hydrogen-bond donors (Lipinski definition) is 1. The summed E-state index contributed by atoms with van der Waals surface area (Å²) in [4.78, 5) is 19.3. The molecule has 0 fully saturated rings. The number of nitrogens with two attached hydrogens (primary N) is 1. The van der Waals surface area contributed by atoms with Crippen molar-refractivity contribution in [1.82, 2.24) is 0 Å². The van der Waals surface area contributed by atoms with Crippen LogP contribution in [0.15, 0.2) is 12.8 Å². The number of esters is 1. The van der Waals surface area contributed by atoms with E-state index in [9.17, 15) is 9.59 Å². The van der Waals surface area contributed by atoms with Crippen molar-refractivity contribution < 1.29 is 19.1 Å². The molecular formula is C7H13NO4. The van der Waals surface area contributed by atoms with Gasteiger partial charge in [0.15, 0.2) is 0 Å². The minimum absolute atomic E-state index is 0.329. The highest BCUT2D eigenvalue weighted by Gasteiger charge is 1.82. The summed E-state index contributed by atoms with van der Waals surface area (Å²) in [5, 5.41) is 0. The van der Waals surface area contributed by atoms with Crippen LogP contribution >= 0.6 is 0 Å². The summed E-state index contributed by atoms with van der Waals surface area (Å²) in [6.07, 6.45) is 0.389. The topological polar surface area (TPSA) is 78.6 Å². The standard InChI is InChI=1S/C4H6O2.C3H7NO2/c1-3-6-4(2)5;1-2-6-3(4)5/h3H,1H2,2H3;2H2,1H3,(H2,4,5). The van der Waals surface area contributed by atoms with E-state index in [1.807, 2.05) is 0 Å². The molecule has 0 saturated heterocycles. The number of rotatable bonds is 2. The fourth-order valence-corrected chi connectivity index (χ4v) is 0.260. The van der Waals surface area contributed by atoms with E-state index in [2.05, 4.69) is 21.8 Å². The van der Waals surface area contributed by atoms with Crippen molar-refractivity contribution in [3.05, 3.63) is 12.8 Å². The second-order valence-electron chi connectivity index (χ2n) is 1.53. The van der Waals surface area contributed by atoms with Gasteiger partial charge in [-0.05, 0) is 6.92 Å². The molecule has 0 bridgehead atoms. The highest BCUT2D eigenvalue weighted by Crippen LogP contribution is 1.70. The highest BCUT2D eigenvalue weighted by molar-refractivity contribution is 5.66. The fraction of sp³-hybridized carbons (Fsp3) is 0.429. The Hall–Kier alpha value is -1.52. The maximum atomic E-state index is 9.75. The molecule has 12 heavy (non-hydrogen) atoms. The van der Waals surface area contributed by atoms with Gasteiger partial charge >= 0.3 is 12.1 Å². The summed E-state index contributed by atoms with van der Waals surface area (Å²) < 4.78 is 8.35. The average molecular weight is 175 g/mol. The second kappa shape index (κ2) is 9.48. The van der Waals surface area contributed by atoms with Crippen molar-refractivity contribution in [2.75, 3.05) is 6.61 Å². The third-order valence-corrected chi connectivity index (χ3v) is 0.536. The third-order valence-electron chi connectivity index (χ3n) is 0.536. The van der Waals surface area contributed by atoms with Crippen molar-refractivity contribution in [2.24, 2.45) is 5.73 Å². The van der Waals surface area contributed by atoms with Gasteiger partial charge in [0.2, 0.25) is 0 Å². The minimum Gasteiger partial charge on any atom is -0.450 e. The predicted molar refractivity (Wildman–Crippen MR) is 43.2 cm³/mol. The van der Waals surface area contributed by atoms with E-state index < -0.39 is 6.09 Å². The quantitative estimate of drug-likeness (QED) is 0.497. The molecular weight excluding hydrogens is 162 g/mol. The monoisotopic (exact) mass is 175 g/mol. The zero-order valence-electron chi connectivity index (χ0n) is 7.20. The number of hydrogen-bond acceptors (Lipinski definition) is 4. The van der Waals surface area contributed by atoms with Gasteiger partial charge in [0.25, 0.3) is 0 Å². The first kappa shape index (κ1) is 13.1. The molecule has 0 aromatic heterocycles. The molecule has 0 aliphatic carbocycles. The molecule has 0 aliphatic heterocycles. The Kier molecular flexibility index (Phi) is 10.3. The summed E-state index contributed by atoms with van der Waals surface area (Å²) >= 11 is 0. The van der Waals surface area contributed by atoms with Crippen LogP contribution in [0.5, 0.6) is 0 Å². The number of ether oxygens (including phenoxy) is 2. The molecule has 0 rings (SSSR count). The summed E-state index contributed by atoms with van der Waals surface area (Å²) in [5.74, 6) is -0.329. The Morgan fingerprint density at radius 1 is 1.58 bits per heavy atom. The Morgan fingerprint density at radius 2 is 2.08 bits per heavy atom. The van der Waals surface area contributed by atoms with Crippen LogP contribution in [0.3, 0.4) is 0 Å². The maximum absolute atomic E-state index is 9.75. The van der Waals surface area contributed by atoms with Crippen molar-refractivity contribution in [1.29, 1.82) is 0 Å². The first-order valence-corrected chi connectivity index (χ1v) is 3.24. The minimum atomic E-state index is -0.711. The van der Waals surface area contributed by atoms with Gasteiger partial charge in [-0.2, -0.15) is 0 Å². The molecule has 5 heteroatoms. The summed E-state index contributed by atoms with van der Waals surface area (Å²) in [6, 6.07) is 0. The van der Waals surface area contributed by atoms with Gasteiger partial charge in [-0.3, -0.25) is 4.79 Å². The lowest BCUT2D eigenvalue weighted by Gasteiger charge is -1.89. The second-order valence-corrected chi connectivity index (χ2v) is 1.53. The van der Waals surface area contributed by atoms with Gasteiger partial charge in [-0.15, -0.1) is 0 Å². The first-order chi connectivity index (χ1) is 5.54. The van der Waals surface area contributed by atoms with E-state index in [-0.39, 0.29) is 5.97 Å². The van der Waals surface area contributed by atoms with Crippen molar-refractivity contribution in [3.63, 3.8) is 0 Å². The van der Waals surface area contributed by atoms with E-state index in [0.717, 1.165) is 6.26 Å². The van der Waals surface area contributed by atoms with Crippen molar-refractivity contribution >= 4 is 12.1 Å². The molecule has 0 aromatic rings. The van der Waals surface area contributed by atoms with Gasteiger partial charge in [0, 0.05) is 6.92 Å². The van der Waals surface area contributed by atoms with E-state index in [0.29, 0.717) is 6.61 Å². The molecule has 5 nitrogen and oxygen atoms in total. The third kappa shape index (κ3) is 23.6. The lowest BCUT2D eigenvalue weighted by atomic mass is 10.8. The summed E-state index contributed by atoms with van der Waals surface area (Å²) in [5.41, 5.74) is 4.54. The SMILES string of the molecule is C=COC(C)=O.CCOC(N)=O. The Labute approximate surface area is 71.1 Å². The molecule has 0 atom stereocenters. The van der Waals surface area contributed by atoms with Crippen LogP contribution in [0.4, 0.5) is 4.79 Å². The molecule has 0 heterocycles. The average Bonchev–Trinajstić information content (AvgIpc) is 1.87. The fourth-order valence-electron chi connectivity index (χ4n) is 0.260. The van der Waals surface area contributed by atoms with Gasteiger partial charge in [-0.1, -0.05) is 6.58 Å². The zero-order chi connectivity index (χ0) is 9.98. The molecule has 0 saturated carbocycles. The molecule has 0 unspecified atom stereocenters. The van der Waals surface area contributed by atoms with Crippen LogP contribution in [0, 0.1) is 0 Å². The molecule has 0 spiro atoms. The summed E-state index contributed by atoms with van der Waals surface area (Å²) in [6.45, 7) is 6.53. The highest BCUT2D eigenvalue weighted by atomic mass is 16.5. The van der Waals surface area contributed by atoms with Crippen LogP contribution in [-0.4, -0.2) is 18.7 Å². The molecule has 0 aromatic carbocycles. The van der Waals surface area contributed by atoms with Crippen LogP contribution in [0.2, 0.25) is 0 Å². The number of primary amides is 1. The van der Waals surface area contributed by atoms with E-state index in [4.69, 9.17) is 0 Å². The van der Waals surface area contributed by atoms with E-state index in [1.54, 1.807) is 6.92 Å². The number of carbonyl (C=O) groups is 2. The molecule has 2 N–H and O–H groups in total.